The van der Waals surface area contributed by atoms with Crippen molar-refractivity contribution in [3.8, 4) is 5.75 Å². The Morgan fingerprint density at radius 3 is 2.82 bits per heavy atom. The van der Waals surface area contributed by atoms with Gasteiger partial charge in [-0.15, -0.1) is 0 Å². The molecule has 0 saturated heterocycles. The first-order chi connectivity index (χ1) is 13.3. The Morgan fingerprint density at radius 2 is 2.04 bits per heavy atom. The summed E-state index contributed by atoms with van der Waals surface area (Å²) in [5.41, 5.74) is -3.13. The van der Waals surface area contributed by atoms with E-state index in [4.69, 9.17) is 9.47 Å². The second-order valence-electron chi connectivity index (χ2n) is 5.76. The number of thioether (sulfide) groups is 1. The first-order valence-electron chi connectivity index (χ1n) is 8.25. The number of halogens is 3. The van der Waals surface area contributed by atoms with Crippen LogP contribution < -0.4 is 10.1 Å². The van der Waals surface area contributed by atoms with Crippen LogP contribution >= 0.6 is 11.8 Å². The monoisotopic (exact) mass is 412 g/mol. The zero-order valence-electron chi connectivity index (χ0n) is 14.4. The van der Waals surface area contributed by atoms with Crippen LogP contribution in [0.25, 0.3) is 0 Å². The summed E-state index contributed by atoms with van der Waals surface area (Å²) in [5.74, 6) is -0.399. The maximum Gasteiger partial charge on any atom is 0.447 e. The Kier molecular flexibility index (Phi) is 6.08. The standard InChI is InChI=1S/C18H15F3N2O4S/c19-18(20,21)28-16-13(2-1-7-22-16)17(25)27-9-8-26-12-4-5-14-11(10-12)3-6-15(24)23-14/h1-2,4-5,7,10H,3,6,8-9H2,(H,23,24). The predicted molar refractivity (Wildman–Crippen MR) is 95.3 cm³/mol. The van der Waals surface area contributed by atoms with Crippen LogP contribution in [-0.2, 0) is 16.0 Å². The number of amides is 1. The fraction of sp³-hybridized carbons (Fsp3) is 0.278. The summed E-state index contributed by atoms with van der Waals surface area (Å²) in [6.07, 6.45) is 2.18. The number of benzene rings is 1. The van der Waals surface area contributed by atoms with Crippen molar-refractivity contribution in [3.63, 3.8) is 0 Å². The number of anilines is 1. The molecule has 2 aromatic rings. The van der Waals surface area contributed by atoms with Crippen molar-refractivity contribution < 1.29 is 32.2 Å². The lowest BCUT2D eigenvalue weighted by Gasteiger charge is -2.17. The summed E-state index contributed by atoms with van der Waals surface area (Å²) in [7, 11) is 0. The number of hydrogen-bond acceptors (Lipinski definition) is 6. The van der Waals surface area contributed by atoms with Gasteiger partial charge in [0.2, 0.25) is 5.91 Å². The molecule has 0 saturated carbocycles. The summed E-state index contributed by atoms with van der Waals surface area (Å²) < 4.78 is 48.1. The highest BCUT2D eigenvalue weighted by Gasteiger charge is 2.32. The van der Waals surface area contributed by atoms with Gasteiger partial charge in [-0.2, -0.15) is 13.2 Å². The fourth-order valence-electron chi connectivity index (χ4n) is 2.56. The van der Waals surface area contributed by atoms with Crippen LogP contribution in [0.5, 0.6) is 5.75 Å². The predicted octanol–water partition coefficient (Wildman–Crippen LogP) is 3.81. The number of rotatable bonds is 6. The summed E-state index contributed by atoms with van der Waals surface area (Å²) in [6, 6.07) is 7.77. The molecule has 0 bridgehead atoms. The zero-order chi connectivity index (χ0) is 20.1. The molecule has 0 aliphatic carbocycles. The minimum Gasteiger partial charge on any atom is -0.490 e. The fourth-order valence-corrected chi connectivity index (χ4v) is 3.15. The molecular weight excluding hydrogens is 397 g/mol. The number of aryl methyl sites for hydroxylation is 1. The summed E-state index contributed by atoms with van der Waals surface area (Å²) in [4.78, 5) is 27.0. The maximum atomic E-state index is 12.5. The molecule has 1 amide bonds. The Hall–Kier alpha value is -2.75. The highest BCUT2D eigenvalue weighted by atomic mass is 32.2. The number of hydrogen-bond donors (Lipinski definition) is 1. The second-order valence-corrected chi connectivity index (χ2v) is 6.81. The number of fused-ring (bicyclic) bond motifs is 1. The topological polar surface area (TPSA) is 77.5 Å². The Labute approximate surface area is 162 Å². The number of esters is 1. The van der Waals surface area contributed by atoms with E-state index in [2.05, 4.69) is 10.3 Å². The van der Waals surface area contributed by atoms with Crippen molar-refractivity contribution in [2.45, 2.75) is 23.4 Å². The number of carbonyl (C=O) groups is 2. The van der Waals surface area contributed by atoms with Gasteiger partial charge in [-0.1, -0.05) is 0 Å². The molecule has 1 N–H and O–H groups in total. The quantitative estimate of drug-likeness (QED) is 0.442. The van der Waals surface area contributed by atoms with Crippen molar-refractivity contribution in [3.05, 3.63) is 47.7 Å². The number of alkyl halides is 3. The van der Waals surface area contributed by atoms with Crippen molar-refractivity contribution in [2.75, 3.05) is 18.5 Å². The van der Waals surface area contributed by atoms with E-state index in [1.165, 1.54) is 18.3 Å². The van der Waals surface area contributed by atoms with Crippen LogP contribution in [0.3, 0.4) is 0 Å². The highest BCUT2D eigenvalue weighted by molar-refractivity contribution is 8.00. The van der Waals surface area contributed by atoms with Crippen molar-refractivity contribution >= 4 is 29.3 Å². The Balaban J connectivity index is 1.52. The SMILES string of the molecule is O=C1CCc2cc(OCCOC(=O)c3cccnc3SC(F)(F)F)ccc2N1. The summed E-state index contributed by atoms with van der Waals surface area (Å²) >= 11 is -0.468. The van der Waals surface area contributed by atoms with Gasteiger partial charge in [0.15, 0.2) is 0 Å². The van der Waals surface area contributed by atoms with E-state index in [-0.39, 0.29) is 24.7 Å². The number of carbonyl (C=O) groups excluding carboxylic acids is 2. The molecule has 0 fully saturated rings. The van der Waals surface area contributed by atoms with Gasteiger partial charge in [-0.05, 0) is 42.3 Å². The van der Waals surface area contributed by atoms with E-state index in [1.807, 2.05) is 0 Å². The zero-order valence-corrected chi connectivity index (χ0v) is 15.2. The minimum atomic E-state index is -4.56. The first kappa shape index (κ1) is 20.0. The third kappa shape index (κ3) is 5.38. The smallest absolute Gasteiger partial charge is 0.447 e. The number of aromatic nitrogens is 1. The number of nitrogens with zero attached hydrogens (tertiary/aromatic N) is 1. The number of nitrogens with one attached hydrogen (secondary N) is 1. The van der Waals surface area contributed by atoms with Crippen molar-refractivity contribution in [2.24, 2.45) is 0 Å². The van der Waals surface area contributed by atoms with Gasteiger partial charge in [0.25, 0.3) is 0 Å². The van der Waals surface area contributed by atoms with Gasteiger partial charge in [0.1, 0.15) is 24.0 Å². The van der Waals surface area contributed by atoms with E-state index in [0.29, 0.717) is 18.6 Å². The second kappa shape index (κ2) is 8.51. The molecule has 2 heterocycles. The van der Waals surface area contributed by atoms with Gasteiger partial charge < -0.3 is 14.8 Å². The Morgan fingerprint density at radius 1 is 1.21 bits per heavy atom. The molecule has 0 radical (unpaired) electrons. The molecule has 3 rings (SSSR count). The molecule has 1 aliphatic rings. The number of pyridine rings is 1. The summed E-state index contributed by atoms with van der Waals surface area (Å²) in [6.45, 7) is -0.115. The molecule has 0 atom stereocenters. The van der Waals surface area contributed by atoms with Gasteiger partial charge in [0.05, 0.1) is 5.56 Å². The van der Waals surface area contributed by atoms with Crippen molar-refractivity contribution in [1.29, 1.82) is 0 Å². The highest BCUT2D eigenvalue weighted by Crippen LogP contribution is 2.37. The van der Waals surface area contributed by atoms with Gasteiger partial charge in [-0.25, -0.2) is 9.78 Å². The molecule has 148 valence electrons. The lowest BCUT2D eigenvalue weighted by Crippen LogP contribution is -2.19. The molecule has 0 spiro atoms. The van der Waals surface area contributed by atoms with E-state index in [9.17, 15) is 22.8 Å². The van der Waals surface area contributed by atoms with Crippen LogP contribution in [0.2, 0.25) is 0 Å². The lowest BCUT2D eigenvalue weighted by atomic mass is 10.0. The molecule has 1 aliphatic heterocycles. The number of ether oxygens (including phenoxy) is 2. The molecule has 1 aromatic carbocycles. The van der Waals surface area contributed by atoms with E-state index >= 15 is 0 Å². The van der Waals surface area contributed by atoms with Gasteiger partial charge in [0, 0.05) is 30.1 Å². The van der Waals surface area contributed by atoms with Crippen molar-refractivity contribution in [1.82, 2.24) is 4.98 Å². The van der Waals surface area contributed by atoms with E-state index in [1.54, 1.807) is 18.2 Å². The Bertz CT molecular complexity index is 889. The third-order valence-corrected chi connectivity index (χ3v) is 4.51. The molecular formula is C18H15F3N2O4S. The maximum absolute atomic E-state index is 12.5. The largest absolute Gasteiger partial charge is 0.490 e. The van der Waals surface area contributed by atoms with E-state index < -0.39 is 28.3 Å². The van der Waals surface area contributed by atoms with E-state index in [0.717, 1.165) is 11.3 Å². The molecule has 0 unspecified atom stereocenters. The van der Waals surface area contributed by atoms with Crippen LogP contribution in [0, 0.1) is 0 Å². The normalized spacial score (nSPS) is 13.5. The molecule has 6 nitrogen and oxygen atoms in total. The minimum absolute atomic E-state index is 0.0267. The molecule has 10 heteroatoms. The van der Waals surface area contributed by atoms with Crippen LogP contribution in [0.4, 0.5) is 18.9 Å². The average molecular weight is 412 g/mol. The molecule has 1 aromatic heterocycles. The lowest BCUT2D eigenvalue weighted by molar-refractivity contribution is -0.116. The van der Waals surface area contributed by atoms with Gasteiger partial charge >= 0.3 is 11.5 Å². The van der Waals surface area contributed by atoms with Crippen LogP contribution in [0.1, 0.15) is 22.3 Å². The average Bonchev–Trinajstić information content (AvgIpc) is 2.64. The summed E-state index contributed by atoms with van der Waals surface area (Å²) in [5, 5.41) is 2.30. The first-order valence-corrected chi connectivity index (χ1v) is 9.07. The van der Waals surface area contributed by atoms with Crippen LogP contribution in [0.15, 0.2) is 41.6 Å². The van der Waals surface area contributed by atoms with Crippen LogP contribution in [-0.4, -0.2) is 35.6 Å². The third-order valence-electron chi connectivity index (χ3n) is 3.76. The van der Waals surface area contributed by atoms with Gasteiger partial charge in [-0.3, -0.25) is 4.79 Å². The molecule has 28 heavy (non-hydrogen) atoms.